The van der Waals surface area contributed by atoms with E-state index in [1.807, 2.05) is 60.0 Å². The highest BCUT2D eigenvalue weighted by atomic mass is 19.1. The number of hydrogen-bond acceptors (Lipinski definition) is 4. The lowest BCUT2D eigenvalue weighted by molar-refractivity contribution is -0.153. The smallest absolute Gasteiger partial charge is 0.321 e. The number of halogens is 1. The first kappa shape index (κ1) is 21.8. The van der Waals surface area contributed by atoms with Crippen LogP contribution in [-0.4, -0.2) is 28.0 Å². The number of hydrogen-bond donors (Lipinski definition) is 0. The number of fused-ring (bicyclic) bond motifs is 3. The largest absolute Gasteiger partial charge is 0.465 e. The van der Waals surface area contributed by atoms with Crippen molar-refractivity contribution in [3.05, 3.63) is 95.3 Å². The molecular formula is C27H24FN3O3. The van der Waals surface area contributed by atoms with Gasteiger partial charge in [-0.2, -0.15) is 0 Å². The van der Waals surface area contributed by atoms with Crippen molar-refractivity contribution >= 4 is 28.9 Å². The second-order valence-corrected chi connectivity index (χ2v) is 8.41. The Hall–Kier alpha value is -4.00. The molecule has 4 aromatic rings. The van der Waals surface area contributed by atoms with E-state index < -0.39 is 29.7 Å². The topological polar surface area (TPSA) is 64.4 Å². The van der Waals surface area contributed by atoms with Gasteiger partial charge >= 0.3 is 5.97 Å². The van der Waals surface area contributed by atoms with E-state index in [2.05, 4.69) is 0 Å². The van der Waals surface area contributed by atoms with Crippen LogP contribution < -0.4 is 4.90 Å². The zero-order chi connectivity index (χ0) is 23.8. The average Bonchev–Trinajstić information content (AvgIpc) is 3.22. The molecule has 0 aliphatic carbocycles. The van der Waals surface area contributed by atoms with Crippen LogP contribution in [0.4, 0.5) is 10.3 Å². The van der Waals surface area contributed by atoms with Crippen LogP contribution in [0.2, 0.25) is 0 Å². The normalized spacial score (nSPS) is 17.6. The SMILES string of the molecule is CCOC(=O)[C@H]1C(=O)N(Cc2ccc(C)cc2)c2nc3ccccc3n2[C@H]1c1ccc(F)cc1. The maximum absolute atomic E-state index is 13.9. The molecule has 1 aliphatic heterocycles. The number of imidazole rings is 1. The minimum atomic E-state index is -1.14. The minimum Gasteiger partial charge on any atom is -0.465 e. The van der Waals surface area contributed by atoms with E-state index in [-0.39, 0.29) is 13.2 Å². The number of benzene rings is 3. The minimum absolute atomic E-state index is 0.147. The molecule has 0 radical (unpaired) electrons. The number of carbonyl (C=O) groups is 2. The summed E-state index contributed by atoms with van der Waals surface area (Å²) >= 11 is 0. The van der Waals surface area contributed by atoms with Crippen LogP contribution in [-0.2, 0) is 20.9 Å². The number of nitrogens with zero attached hydrogens (tertiary/aromatic N) is 3. The van der Waals surface area contributed by atoms with E-state index >= 15 is 0 Å². The molecule has 34 heavy (non-hydrogen) atoms. The molecule has 2 heterocycles. The first-order chi connectivity index (χ1) is 16.5. The van der Waals surface area contributed by atoms with Crippen LogP contribution in [0.3, 0.4) is 0 Å². The summed E-state index contributed by atoms with van der Waals surface area (Å²) in [4.78, 5) is 33.4. The van der Waals surface area contributed by atoms with Gasteiger partial charge in [0.15, 0.2) is 5.92 Å². The van der Waals surface area contributed by atoms with Gasteiger partial charge in [0.2, 0.25) is 11.9 Å². The number of anilines is 1. The quantitative estimate of drug-likeness (QED) is 0.319. The van der Waals surface area contributed by atoms with Crippen LogP contribution in [0.5, 0.6) is 0 Å². The number of aromatic nitrogens is 2. The van der Waals surface area contributed by atoms with Crippen LogP contribution in [0.15, 0.2) is 72.8 Å². The third-order valence-corrected chi connectivity index (χ3v) is 6.16. The predicted octanol–water partition coefficient (Wildman–Crippen LogP) is 4.80. The van der Waals surface area contributed by atoms with Crippen molar-refractivity contribution in [1.29, 1.82) is 0 Å². The molecule has 1 amide bonds. The van der Waals surface area contributed by atoms with Crippen molar-refractivity contribution < 1.29 is 18.7 Å². The second-order valence-electron chi connectivity index (χ2n) is 8.41. The Morgan fingerprint density at radius 3 is 2.44 bits per heavy atom. The number of esters is 1. The van der Waals surface area contributed by atoms with E-state index in [4.69, 9.17) is 9.72 Å². The molecule has 0 spiro atoms. The molecule has 3 aromatic carbocycles. The molecule has 0 bridgehead atoms. The van der Waals surface area contributed by atoms with Crippen molar-refractivity contribution in [2.24, 2.45) is 5.92 Å². The molecule has 0 saturated carbocycles. The van der Waals surface area contributed by atoms with Gasteiger partial charge in [0.25, 0.3) is 0 Å². The van der Waals surface area contributed by atoms with Gasteiger partial charge in [-0.05, 0) is 49.2 Å². The molecule has 1 aromatic heterocycles. The number of para-hydroxylation sites is 2. The summed E-state index contributed by atoms with van der Waals surface area (Å²) in [7, 11) is 0. The van der Waals surface area contributed by atoms with E-state index in [1.165, 1.54) is 12.1 Å². The van der Waals surface area contributed by atoms with Gasteiger partial charge in [-0.25, -0.2) is 9.37 Å². The third kappa shape index (κ3) is 3.73. The lowest BCUT2D eigenvalue weighted by Crippen LogP contribution is -2.49. The summed E-state index contributed by atoms with van der Waals surface area (Å²) < 4.78 is 21.0. The number of aryl methyl sites for hydroxylation is 1. The van der Waals surface area contributed by atoms with Gasteiger partial charge in [0, 0.05) is 0 Å². The van der Waals surface area contributed by atoms with Crippen molar-refractivity contribution in [2.75, 3.05) is 11.5 Å². The molecule has 2 atom stereocenters. The first-order valence-electron chi connectivity index (χ1n) is 11.2. The van der Waals surface area contributed by atoms with E-state index in [1.54, 1.807) is 24.0 Å². The zero-order valence-corrected chi connectivity index (χ0v) is 18.9. The van der Waals surface area contributed by atoms with Crippen molar-refractivity contribution in [1.82, 2.24) is 9.55 Å². The Morgan fingerprint density at radius 2 is 1.74 bits per heavy atom. The molecule has 0 fully saturated rings. The first-order valence-corrected chi connectivity index (χ1v) is 11.2. The zero-order valence-electron chi connectivity index (χ0n) is 18.9. The maximum Gasteiger partial charge on any atom is 0.321 e. The summed E-state index contributed by atoms with van der Waals surface area (Å²) in [6.45, 7) is 4.11. The molecule has 5 rings (SSSR count). The highest BCUT2D eigenvalue weighted by molar-refractivity contribution is 6.08. The maximum atomic E-state index is 13.9. The van der Waals surface area contributed by atoms with E-state index in [0.717, 1.165) is 16.6 Å². The highest BCUT2D eigenvalue weighted by Gasteiger charge is 2.47. The summed E-state index contributed by atoms with van der Waals surface area (Å²) in [5.74, 6) is -2.09. The number of amides is 1. The van der Waals surface area contributed by atoms with Crippen LogP contribution in [0.25, 0.3) is 11.0 Å². The van der Waals surface area contributed by atoms with Gasteiger partial charge in [-0.15, -0.1) is 0 Å². The Bertz CT molecular complexity index is 1360. The molecular weight excluding hydrogens is 433 g/mol. The van der Waals surface area contributed by atoms with E-state index in [0.29, 0.717) is 17.0 Å². The molecule has 7 heteroatoms. The fourth-order valence-corrected chi connectivity index (χ4v) is 4.53. The monoisotopic (exact) mass is 457 g/mol. The van der Waals surface area contributed by atoms with Gasteiger partial charge in [0.05, 0.1) is 30.2 Å². The van der Waals surface area contributed by atoms with Crippen LogP contribution in [0.1, 0.15) is 29.7 Å². The summed E-state index contributed by atoms with van der Waals surface area (Å²) in [6, 6.07) is 20.6. The number of ether oxygens (including phenoxy) is 1. The Kier molecular flexibility index (Phi) is 5.61. The van der Waals surface area contributed by atoms with E-state index in [9.17, 15) is 14.0 Å². The van der Waals surface area contributed by atoms with Crippen molar-refractivity contribution in [3.63, 3.8) is 0 Å². The lowest BCUT2D eigenvalue weighted by Gasteiger charge is -2.38. The predicted molar refractivity (Wildman–Crippen MR) is 127 cm³/mol. The Morgan fingerprint density at radius 1 is 1.03 bits per heavy atom. The van der Waals surface area contributed by atoms with Crippen molar-refractivity contribution in [2.45, 2.75) is 26.4 Å². The Labute approximate surface area is 196 Å². The average molecular weight is 458 g/mol. The number of carbonyl (C=O) groups excluding carboxylic acids is 2. The van der Waals surface area contributed by atoms with Gasteiger partial charge in [-0.1, -0.05) is 54.1 Å². The molecule has 6 nitrogen and oxygen atoms in total. The molecule has 1 aliphatic rings. The van der Waals surface area contributed by atoms with Gasteiger partial charge in [-0.3, -0.25) is 14.5 Å². The number of rotatable bonds is 5. The second kappa shape index (κ2) is 8.74. The molecule has 0 unspecified atom stereocenters. The molecule has 0 saturated heterocycles. The molecule has 172 valence electrons. The van der Waals surface area contributed by atoms with Crippen LogP contribution in [0, 0.1) is 18.7 Å². The summed E-state index contributed by atoms with van der Waals surface area (Å²) in [6.07, 6.45) is 0. The van der Waals surface area contributed by atoms with Crippen molar-refractivity contribution in [3.8, 4) is 0 Å². The fourth-order valence-electron chi connectivity index (χ4n) is 4.53. The van der Waals surface area contributed by atoms with Gasteiger partial charge in [0.1, 0.15) is 5.82 Å². The Balaban J connectivity index is 1.73. The fraction of sp³-hybridized carbons (Fsp3) is 0.222. The molecule has 0 N–H and O–H groups in total. The highest BCUT2D eigenvalue weighted by Crippen LogP contribution is 2.41. The van der Waals surface area contributed by atoms with Gasteiger partial charge < -0.3 is 9.30 Å². The summed E-state index contributed by atoms with van der Waals surface area (Å²) in [5, 5.41) is 0. The lowest BCUT2D eigenvalue weighted by atomic mass is 9.89. The third-order valence-electron chi connectivity index (χ3n) is 6.16. The summed E-state index contributed by atoms with van der Waals surface area (Å²) in [5.41, 5.74) is 4.15. The van der Waals surface area contributed by atoms with Crippen LogP contribution >= 0.6 is 0 Å². The standard InChI is InChI=1S/C27H24FN3O3/c1-3-34-26(33)23-24(19-12-14-20(28)15-13-19)31-22-7-5-4-6-21(22)29-27(31)30(25(23)32)16-18-10-8-17(2)9-11-18/h4-15,23-24H,3,16H2,1-2H3/t23-,24+/m1/s1.